The highest BCUT2D eigenvalue weighted by atomic mass is 35.5. The first-order valence-electron chi connectivity index (χ1n) is 6.40. The van der Waals surface area contributed by atoms with E-state index in [2.05, 4.69) is 5.32 Å². The van der Waals surface area contributed by atoms with Crippen molar-refractivity contribution in [3.63, 3.8) is 0 Å². The van der Waals surface area contributed by atoms with E-state index in [-0.39, 0.29) is 23.6 Å². The molecule has 1 saturated heterocycles. The Morgan fingerprint density at radius 1 is 1.30 bits per heavy atom. The number of halogens is 2. The lowest BCUT2D eigenvalue weighted by atomic mass is 9.75. The average Bonchev–Trinajstić information content (AvgIpc) is 2.70. The summed E-state index contributed by atoms with van der Waals surface area (Å²) in [7, 11) is -3.12. The molecule has 112 valence electrons. The highest BCUT2D eigenvalue weighted by Gasteiger charge is 2.43. The molecule has 0 unspecified atom stereocenters. The third-order valence-electron chi connectivity index (χ3n) is 4.34. The van der Waals surface area contributed by atoms with E-state index in [4.69, 9.17) is 0 Å². The van der Waals surface area contributed by atoms with Crippen LogP contribution in [0.15, 0.2) is 18.2 Å². The van der Waals surface area contributed by atoms with Crippen LogP contribution in [0.2, 0.25) is 0 Å². The Labute approximate surface area is 124 Å². The van der Waals surface area contributed by atoms with Crippen LogP contribution in [0.25, 0.3) is 0 Å². The van der Waals surface area contributed by atoms with Gasteiger partial charge in [-0.25, -0.2) is 17.1 Å². The minimum atomic E-state index is -3.12. The molecule has 4 nitrogen and oxygen atoms in total. The van der Waals surface area contributed by atoms with Crippen molar-refractivity contribution in [1.29, 1.82) is 0 Å². The van der Waals surface area contributed by atoms with Gasteiger partial charge in [0, 0.05) is 25.0 Å². The van der Waals surface area contributed by atoms with Crippen molar-refractivity contribution >= 4 is 28.1 Å². The predicted octanol–water partition coefficient (Wildman–Crippen LogP) is 1.97. The Kier molecular flexibility index (Phi) is 4.01. The van der Waals surface area contributed by atoms with Crippen LogP contribution in [-0.2, 0) is 15.4 Å². The molecule has 7 heteroatoms. The van der Waals surface area contributed by atoms with Gasteiger partial charge in [-0.15, -0.1) is 12.4 Å². The lowest BCUT2D eigenvalue weighted by Crippen LogP contribution is -2.45. The van der Waals surface area contributed by atoms with Crippen molar-refractivity contribution in [3.8, 4) is 0 Å². The van der Waals surface area contributed by atoms with E-state index in [1.54, 1.807) is 6.07 Å². The molecule has 1 fully saturated rings. The summed E-state index contributed by atoms with van der Waals surface area (Å²) >= 11 is 0. The molecule has 1 aromatic rings. The van der Waals surface area contributed by atoms with E-state index < -0.39 is 10.0 Å². The molecular weight excluding hydrogens is 303 g/mol. The molecule has 1 aromatic carbocycles. The number of para-hydroxylation sites is 1. The van der Waals surface area contributed by atoms with Crippen LogP contribution in [0.5, 0.6) is 0 Å². The SMILES string of the molecule is CS(=O)(=O)N1CCC2(CC1)CNc1c(F)cccc12.Cl. The fourth-order valence-electron chi connectivity index (χ4n) is 3.19. The minimum Gasteiger partial charge on any atom is -0.382 e. The van der Waals surface area contributed by atoms with Crippen LogP contribution >= 0.6 is 12.4 Å². The number of benzene rings is 1. The molecule has 0 bridgehead atoms. The quantitative estimate of drug-likeness (QED) is 0.860. The van der Waals surface area contributed by atoms with E-state index in [9.17, 15) is 12.8 Å². The largest absolute Gasteiger partial charge is 0.382 e. The molecule has 0 saturated carbocycles. The van der Waals surface area contributed by atoms with E-state index in [0.717, 1.165) is 18.4 Å². The number of sulfonamides is 1. The third-order valence-corrected chi connectivity index (χ3v) is 5.64. The van der Waals surface area contributed by atoms with Crippen molar-refractivity contribution in [2.75, 3.05) is 31.2 Å². The Bertz CT molecular complexity index is 613. The maximum absolute atomic E-state index is 13.7. The number of nitrogens with zero attached hydrogens (tertiary/aromatic N) is 1. The Hall–Kier alpha value is -0.850. The van der Waals surface area contributed by atoms with Gasteiger partial charge < -0.3 is 5.32 Å². The second-order valence-corrected chi connectivity index (χ2v) is 7.44. The molecular formula is C13H18ClFN2O2S. The van der Waals surface area contributed by atoms with E-state index in [0.29, 0.717) is 25.3 Å². The van der Waals surface area contributed by atoms with Gasteiger partial charge in [0.25, 0.3) is 0 Å². The van der Waals surface area contributed by atoms with Gasteiger partial charge in [-0.05, 0) is 24.5 Å². The van der Waals surface area contributed by atoms with Gasteiger partial charge in [0.2, 0.25) is 10.0 Å². The fourth-order valence-corrected chi connectivity index (χ4v) is 4.04. The second-order valence-electron chi connectivity index (χ2n) is 5.46. The number of hydrogen-bond acceptors (Lipinski definition) is 3. The third kappa shape index (κ3) is 2.40. The standard InChI is InChI=1S/C13H17FN2O2S.ClH/c1-19(17,18)16-7-5-13(6-8-16)9-15-12-10(13)3-2-4-11(12)14;/h2-4,15H,5-9H2,1H3;1H. The molecule has 0 aromatic heterocycles. The molecule has 2 aliphatic heterocycles. The van der Waals surface area contributed by atoms with Gasteiger partial charge in [-0.2, -0.15) is 0 Å². The lowest BCUT2D eigenvalue weighted by Gasteiger charge is -2.38. The van der Waals surface area contributed by atoms with Crippen molar-refractivity contribution < 1.29 is 12.8 Å². The summed E-state index contributed by atoms with van der Waals surface area (Å²) < 4.78 is 38.3. The first-order valence-corrected chi connectivity index (χ1v) is 8.25. The number of piperidine rings is 1. The smallest absolute Gasteiger partial charge is 0.211 e. The second kappa shape index (κ2) is 5.16. The molecule has 0 atom stereocenters. The van der Waals surface area contributed by atoms with Crippen LogP contribution in [-0.4, -0.2) is 38.6 Å². The zero-order valence-electron chi connectivity index (χ0n) is 11.2. The average molecular weight is 321 g/mol. The summed E-state index contributed by atoms with van der Waals surface area (Å²) in [6.07, 6.45) is 2.72. The summed E-state index contributed by atoms with van der Waals surface area (Å²) in [5, 5.41) is 3.14. The van der Waals surface area contributed by atoms with Gasteiger partial charge in [0.05, 0.1) is 11.9 Å². The zero-order valence-corrected chi connectivity index (χ0v) is 12.9. The Balaban J connectivity index is 0.00000147. The van der Waals surface area contributed by atoms with Gasteiger partial charge in [-0.1, -0.05) is 12.1 Å². The van der Waals surface area contributed by atoms with Crippen molar-refractivity contribution in [1.82, 2.24) is 4.31 Å². The molecule has 2 heterocycles. The first-order chi connectivity index (χ1) is 8.92. The van der Waals surface area contributed by atoms with Crippen LogP contribution in [0, 0.1) is 5.82 Å². The Morgan fingerprint density at radius 2 is 1.95 bits per heavy atom. The minimum absolute atomic E-state index is 0. The molecule has 3 rings (SSSR count). The van der Waals surface area contributed by atoms with Crippen molar-refractivity contribution in [3.05, 3.63) is 29.6 Å². The maximum atomic E-state index is 13.7. The van der Waals surface area contributed by atoms with Gasteiger partial charge in [0.15, 0.2) is 0 Å². The van der Waals surface area contributed by atoms with Crippen LogP contribution in [0.3, 0.4) is 0 Å². The van der Waals surface area contributed by atoms with E-state index in [1.807, 2.05) is 6.07 Å². The number of nitrogens with one attached hydrogen (secondary N) is 1. The highest BCUT2D eigenvalue weighted by molar-refractivity contribution is 7.88. The summed E-state index contributed by atoms with van der Waals surface area (Å²) in [6, 6.07) is 5.14. The zero-order chi connectivity index (χ0) is 13.7. The summed E-state index contributed by atoms with van der Waals surface area (Å²) in [5.41, 5.74) is 1.48. The molecule has 1 N–H and O–H groups in total. The molecule has 0 amide bonds. The van der Waals surface area contributed by atoms with Crippen molar-refractivity contribution in [2.45, 2.75) is 18.3 Å². The molecule has 2 aliphatic rings. The number of hydrogen-bond donors (Lipinski definition) is 1. The van der Waals surface area contributed by atoms with Crippen LogP contribution < -0.4 is 5.32 Å². The maximum Gasteiger partial charge on any atom is 0.211 e. The molecule has 20 heavy (non-hydrogen) atoms. The van der Waals surface area contributed by atoms with Gasteiger partial charge in [-0.3, -0.25) is 0 Å². The topological polar surface area (TPSA) is 49.4 Å². The van der Waals surface area contributed by atoms with E-state index >= 15 is 0 Å². The summed E-state index contributed by atoms with van der Waals surface area (Å²) in [4.78, 5) is 0. The molecule has 0 radical (unpaired) electrons. The number of fused-ring (bicyclic) bond motifs is 2. The van der Waals surface area contributed by atoms with Crippen molar-refractivity contribution in [2.24, 2.45) is 0 Å². The molecule has 0 aliphatic carbocycles. The van der Waals surface area contributed by atoms with Gasteiger partial charge in [0.1, 0.15) is 5.82 Å². The molecule has 1 spiro atoms. The number of anilines is 1. The van der Waals surface area contributed by atoms with E-state index in [1.165, 1.54) is 16.6 Å². The monoisotopic (exact) mass is 320 g/mol. The van der Waals surface area contributed by atoms with Gasteiger partial charge >= 0.3 is 0 Å². The number of rotatable bonds is 1. The first kappa shape index (κ1) is 15.5. The summed E-state index contributed by atoms with van der Waals surface area (Å²) in [6.45, 7) is 1.72. The fraction of sp³-hybridized carbons (Fsp3) is 0.538. The van der Waals surface area contributed by atoms with Crippen LogP contribution in [0.4, 0.5) is 10.1 Å². The summed E-state index contributed by atoms with van der Waals surface area (Å²) in [5.74, 6) is -0.222. The normalized spacial score (nSPS) is 21.1. The Morgan fingerprint density at radius 3 is 2.55 bits per heavy atom. The lowest BCUT2D eigenvalue weighted by molar-refractivity contribution is 0.250. The predicted molar refractivity (Wildman–Crippen MR) is 79.5 cm³/mol. The van der Waals surface area contributed by atoms with Crippen LogP contribution in [0.1, 0.15) is 18.4 Å². The highest BCUT2D eigenvalue weighted by Crippen LogP contribution is 2.45.